The molecular formula is C19H24ClN5O2. The van der Waals surface area contributed by atoms with Crippen LogP contribution in [-0.2, 0) is 11.2 Å². The standard InChI is InChI=1S/C19H24ClN5O2/c1-14(26)25-16-4-3-5-17(12-16)27-11-10-23-19(21-2)22-9-8-15-6-7-18(20)24-13-15/h3-7,12-13H,8-11H2,1-2H3,(H,25,26)(H2,21,22,23). The second-order valence-electron chi connectivity index (χ2n) is 5.72. The fraction of sp³-hybridized carbons (Fsp3) is 0.316. The highest BCUT2D eigenvalue weighted by Crippen LogP contribution is 2.17. The van der Waals surface area contributed by atoms with Crippen molar-refractivity contribution in [1.29, 1.82) is 0 Å². The Kier molecular flexibility index (Phi) is 8.38. The van der Waals surface area contributed by atoms with Crippen LogP contribution in [0.25, 0.3) is 0 Å². The van der Waals surface area contributed by atoms with Crippen molar-refractivity contribution in [3.8, 4) is 5.75 Å². The van der Waals surface area contributed by atoms with E-state index in [9.17, 15) is 4.79 Å². The molecule has 0 atom stereocenters. The molecule has 144 valence electrons. The van der Waals surface area contributed by atoms with Crippen LogP contribution in [-0.4, -0.2) is 43.6 Å². The van der Waals surface area contributed by atoms with Crippen LogP contribution >= 0.6 is 11.6 Å². The zero-order chi connectivity index (χ0) is 19.5. The van der Waals surface area contributed by atoms with E-state index >= 15 is 0 Å². The number of guanidine groups is 1. The van der Waals surface area contributed by atoms with Gasteiger partial charge in [0.05, 0.1) is 6.54 Å². The third-order valence-corrected chi connectivity index (χ3v) is 3.76. The largest absolute Gasteiger partial charge is 0.492 e. The summed E-state index contributed by atoms with van der Waals surface area (Å²) in [6, 6.07) is 11.0. The lowest BCUT2D eigenvalue weighted by molar-refractivity contribution is -0.114. The van der Waals surface area contributed by atoms with Crippen molar-refractivity contribution < 1.29 is 9.53 Å². The highest BCUT2D eigenvalue weighted by molar-refractivity contribution is 6.29. The van der Waals surface area contributed by atoms with Crippen LogP contribution in [0.4, 0.5) is 5.69 Å². The molecule has 0 bridgehead atoms. The summed E-state index contributed by atoms with van der Waals surface area (Å²) in [6.45, 7) is 3.25. The van der Waals surface area contributed by atoms with E-state index in [0.717, 1.165) is 18.5 Å². The minimum absolute atomic E-state index is 0.113. The molecule has 1 aromatic heterocycles. The van der Waals surface area contributed by atoms with Crippen LogP contribution < -0.4 is 20.7 Å². The molecule has 2 rings (SSSR count). The molecule has 0 radical (unpaired) electrons. The van der Waals surface area contributed by atoms with E-state index in [4.69, 9.17) is 16.3 Å². The number of pyridine rings is 1. The lowest BCUT2D eigenvalue weighted by atomic mass is 10.2. The third kappa shape index (κ3) is 7.96. The molecule has 1 heterocycles. The molecule has 0 unspecified atom stereocenters. The van der Waals surface area contributed by atoms with E-state index in [-0.39, 0.29) is 5.91 Å². The number of hydrogen-bond donors (Lipinski definition) is 3. The molecule has 0 aliphatic carbocycles. The molecule has 0 saturated heterocycles. The predicted octanol–water partition coefficient (Wildman–Crippen LogP) is 2.48. The molecular weight excluding hydrogens is 366 g/mol. The van der Waals surface area contributed by atoms with Crippen molar-refractivity contribution >= 4 is 29.2 Å². The predicted molar refractivity (Wildman–Crippen MR) is 109 cm³/mol. The Balaban J connectivity index is 1.67. The number of amides is 1. The number of carbonyl (C=O) groups is 1. The molecule has 27 heavy (non-hydrogen) atoms. The number of nitrogens with one attached hydrogen (secondary N) is 3. The smallest absolute Gasteiger partial charge is 0.221 e. The Bertz CT molecular complexity index is 765. The molecule has 0 spiro atoms. The number of aliphatic imine (C=N–C) groups is 1. The maximum absolute atomic E-state index is 11.1. The van der Waals surface area contributed by atoms with Gasteiger partial charge in [0.1, 0.15) is 17.5 Å². The van der Waals surface area contributed by atoms with Crippen LogP contribution in [0.3, 0.4) is 0 Å². The monoisotopic (exact) mass is 389 g/mol. The first kappa shape index (κ1) is 20.5. The van der Waals surface area contributed by atoms with Gasteiger partial charge < -0.3 is 20.7 Å². The highest BCUT2D eigenvalue weighted by Gasteiger charge is 2.01. The molecule has 1 aromatic carbocycles. The number of halogens is 1. The Morgan fingerprint density at radius 2 is 2.04 bits per heavy atom. The molecule has 0 aliphatic heterocycles. The third-order valence-electron chi connectivity index (χ3n) is 3.54. The minimum atomic E-state index is -0.113. The van der Waals surface area contributed by atoms with Gasteiger partial charge in [-0.1, -0.05) is 23.7 Å². The maximum Gasteiger partial charge on any atom is 0.221 e. The number of anilines is 1. The number of nitrogens with zero attached hydrogens (tertiary/aromatic N) is 2. The summed E-state index contributed by atoms with van der Waals surface area (Å²) in [5.41, 5.74) is 1.81. The summed E-state index contributed by atoms with van der Waals surface area (Å²) in [4.78, 5) is 19.3. The lowest BCUT2D eigenvalue weighted by Crippen LogP contribution is -2.40. The SMILES string of the molecule is CN=C(NCCOc1cccc(NC(C)=O)c1)NCCc1ccc(Cl)nc1. The summed E-state index contributed by atoms with van der Waals surface area (Å²) in [6.07, 6.45) is 2.58. The van der Waals surface area contributed by atoms with Gasteiger partial charge in [-0.25, -0.2) is 4.98 Å². The van der Waals surface area contributed by atoms with Gasteiger partial charge in [-0.3, -0.25) is 9.79 Å². The second-order valence-corrected chi connectivity index (χ2v) is 6.11. The van der Waals surface area contributed by atoms with E-state index < -0.39 is 0 Å². The molecule has 7 nitrogen and oxygen atoms in total. The van der Waals surface area contributed by atoms with Crippen molar-refractivity contribution in [3.63, 3.8) is 0 Å². The number of rotatable bonds is 8. The summed E-state index contributed by atoms with van der Waals surface area (Å²) >= 11 is 5.78. The van der Waals surface area contributed by atoms with Crippen molar-refractivity contribution in [2.24, 2.45) is 4.99 Å². The Morgan fingerprint density at radius 1 is 1.22 bits per heavy atom. The van der Waals surface area contributed by atoms with E-state index in [0.29, 0.717) is 35.7 Å². The fourth-order valence-electron chi connectivity index (χ4n) is 2.31. The average Bonchev–Trinajstić information content (AvgIpc) is 2.65. The van der Waals surface area contributed by atoms with Crippen molar-refractivity contribution in [3.05, 3.63) is 53.3 Å². The Hall–Kier alpha value is -2.80. The quantitative estimate of drug-likeness (QED) is 0.279. The second kappa shape index (κ2) is 11.0. The van der Waals surface area contributed by atoms with Gasteiger partial charge in [0.25, 0.3) is 0 Å². The van der Waals surface area contributed by atoms with Crippen LogP contribution in [0.5, 0.6) is 5.75 Å². The van der Waals surface area contributed by atoms with Gasteiger partial charge in [0, 0.05) is 38.5 Å². The Labute approximate surface area is 164 Å². The summed E-state index contributed by atoms with van der Waals surface area (Å²) in [5.74, 6) is 1.28. The molecule has 2 aromatic rings. The van der Waals surface area contributed by atoms with Gasteiger partial charge >= 0.3 is 0 Å². The molecule has 1 amide bonds. The normalized spacial score (nSPS) is 11.0. The first-order valence-corrected chi connectivity index (χ1v) is 9.00. The molecule has 0 saturated carbocycles. The number of carbonyl (C=O) groups excluding carboxylic acids is 1. The van der Waals surface area contributed by atoms with Gasteiger partial charge in [0.15, 0.2) is 5.96 Å². The van der Waals surface area contributed by atoms with Gasteiger partial charge in [-0.2, -0.15) is 0 Å². The molecule has 3 N–H and O–H groups in total. The molecule has 0 fully saturated rings. The number of hydrogen-bond acceptors (Lipinski definition) is 4. The average molecular weight is 390 g/mol. The van der Waals surface area contributed by atoms with Crippen LogP contribution in [0.15, 0.2) is 47.6 Å². The van der Waals surface area contributed by atoms with Gasteiger partial charge in [0.2, 0.25) is 5.91 Å². The number of aromatic nitrogens is 1. The van der Waals surface area contributed by atoms with Crippen LogP contribution in [0, 0.1) is 0 Å². The van der Waals surface area contributed by atoms with Gasteiger partial charge in [-0.05, 0) is 30.2 Å². The van der Waals surface area contributed by atoms with E-state index in [2.05, 4.69) is 25.9 Å². The summed E-state index contributed by atoms with van der Waals surface area (Å²) in [7, 11) is 1.72. The zero-order valence-electron chi connectivity index (χ0n) is 15.5. The molecule has 8 heteroatoms. The first-order valence-electron chi connectivity index (χ1n) is 8.62. The van der Waals surface area contributed by atoms with Crippen molar-refractivity contribution in [2.45, 2.75) is 13.3 Å². The van der Waals surface area contributed by atoms with E-state index in [1.165, 1.54) is 6.92 Å². The topological polar surface area (TPSA) is 87.6 Å². The van der Waals surface area contributed by atoms with E-state index in [1.54, 1.807) is 25.4 Å². The fourth-order valence-corrected chi connectivity index (χ4v) is 2.42. The van der Waals surface area contributed by atoms with Crippen molar-refractivity contribution in [1.82, 2.24) is 15.6 Å². The number of benzene rings is 1. The van der Waals surface area contributed by atoms with Gasteiger partial charge in [-0.15, -0.1) is 0 Å². The Morgan fingerprint density at radius 3 is 2.74 bits per heavy atom. The lowest BCUT2D eigenvalue weighted by Gasteiger charge is -2.13. The molecule has 0 aliphatic rings. The first-order chi connectivity index (χ1) is 13.1. The highest BCUT2D eigenvalue weighted by atomic mass is 35.5. The minimum Gasteiger partial charge on any atom is -0.492 e. The zero-order valence-corrected chi connectivity index (χ0v) is 16.2. The van der Waals surface area contributed by atoms with Crippen LogP contribution in [0.1, 0.15) is 12.5 Å². The van der Waals surface area contributed by atoms with Crippen molar-refractivity contribution in [2.75, 3.05) is 32.1 Å². The van der Waals surface area contributed by atoms with E-state index in [1.807, 2.05) is 24.3 Å². The maximum atomic E-state index is 11.1. The number of ether oxygens (including phenoxy) is 1. The summed E-state index contributed by atoms with van der Waals surface area (Å²) in [5, 5.41) is 9.65. The van der Waals surface area contributed by atoms with Crippen LogP contribution in [0.2, 0.25) is 5.15 Å². The summed E-state index contributed by atoms with van der Waals surface area (Å²) < 4.78 is 5.69.